The predicted octanol–water partition coefficient (Wildman–Crippen LogP) is 3.83. The van der Waals surface area contributed by atoms with Crippen molar-refractivity contribution in [3.63, 3.8) is 0 Å². The fraction of sp³-hybridized carbons (Fsp3) is 0.524. The van der Waals surface area contributed by atoms with Gasteiger partial charge < -0.3 is 14.2 Å². The maximum absolute atomic E-state index is 12.1. The van der Waals surface area contributed by atoms with Crippen molar-refractivity contribution in [1.82, 2.24) is 14.5 Å². The smallest absolute Gasteiger partial charge is 0.222 e. The van der Waals surface area contributed by atoms with E-state index < -0.39 is 0 Å². The Morgan fingerprint density at radius 3 is 2.69 bits per heavy atom. The molecule has 2 aliphatic rings. The maximum atomic E-state index is 12.1. The lowest BCUT2D eigenvalue weighted by atomic mass is 9.83. The van der Waals surface area contributed by atoms with Crippen molar-refractivity contribution in [2.75, 3.05) is 13.1 Å². The first-order valence-corrected chi connectivity index (χ1v) is 9.66. The number of hydrogen-bond acceptors (Lipinski definition) is 3. The highest BCUT2D eigenvalue weighted by Gasteiger charge is 2.46. The van der Waals surface area contributed by atoms with Gasteiger partial charge in [-0.15, -0.1) is 0 Å². The summed E-state index contributed by atoms with van der Waals surface area (Å²) in [7, 11) is 0. The third-order valence-electron chi connectivity index (χ3n) is 5.50. The largest absolute Gasteiger partial charge is 0.480 e. The molecular weight excluding hydrogens is 326 g/mol. The minimum atomic E-state index is -0.389. The van der Waals surface area contributed by atoms with Crippen molar-refractivity contribution in [3.05, 3.63) is 36.3 Å². The molecule has 2 aliphatic heterocycles. The number of imidazole rings is 1. The van der Waals surface area contributed by atoms with Crippen LogP contribution in [0.4, 0.5) is 0 Å². The summed E-state index contributed by atoms with van der Waals surface area (Å²) in [6, 6.07) is 8.17. The van der Waals surface area contributed by atoms with E-state index in [1.54, 1.807) is 0 Å². The Morgan fingerprint density at radius 1 is 1.27 bits per heavy atom. The molecule has 1 aromatic heterocycles. The minimum absolute atomic E-state index is 0.229. The van der Waals surface area contributed by atoms with Gasteiger partial charge in [0.1, 0.15) is 5.75 Å². The molecule has 0 unspecified atom stereocenters. The molecule has 4 rings (SSSR count). The number of carbonyl (C=O) groups excluding carboxylic acids is 1. The van der Waals surface area contributed by atoms with Crippen molar-refractivity contribution in [3.8, 4) is 17.0 Å². The lowest BCUT2D eigenvalue weighted by Crippen LogP contribution is -2.49. The number of nitrogens with zero attached hydrogens (tertiary/aromatic N) is 3. The maximum Gasteiger partial charge on any atom is 0.222 e. The summed E-state index contributed by atoms with van der Waals surface area (Å²) in [6.45, 7) is 8.77. The molecule has 26 heavy (non-hydrogen) atoms. The van der Waals surface area contributed by atoms with Crippen molar-refractivity contribution in [2.45, 2.75) is 52.2 Å². The number of likely N-dealkylation sites (tertiary alicyclic amines) is 1. The van der Waals surface area contributed by atoms with Gasteiger partial charge in [0, 0.05) is 44.5 Å². The second-order valence-electron chi connectivity index (χ2n) is 7.81. The summed E-state index contributed by atoms with van der Waals surface area (Å²) in [5.41, 5.74) is 2.92. The average Bonchev–Trinajstić information content (AvgIpc) is 3.06. The fourth-order valence-corrected chi connectivity index (χ4v) is 4.28. The molecular formula is C21H27N3O2. The van der Waals surface area contributed by atoms with E-state index in [4.69, 9.17) is 9.72 Å². The number of hydrogen-bond donors (Lipinski definition) is 0. The molecule has 0 atom stereocenters. The van der Waals surface area contributed by atoms with Crippen molar-refractivity contribution in [1.29, 1.82) is 0 Å². The number of aromatic nitrogens is 2. The highest BCUT2D eigenvalue weighted by atomic mass is 16.5. The normalized spacial score (nSPS) is 17.8. The van der Waals surface area contributed by atoms with Gasteiger partial charge in [-0.25, -0.2) is 4.98 Å². The van der Waals surface area contributed by atoms with Gasteiger partial charge in [0.15, 0.2) is 5.60 Å². The Kier molecular flexibility index (Phi) is 4.25. The van der Waals surface area contributed by atoms with Crippen LogP contribution in [0.15, 0.2) is 30.6 Å². The summed E-state index contributed by atoms with van der Waals surface area (Å²) in [4.78, 5) is 18.9. The Labute approximate surface area is 155 Å². The average molecular weight is 353 g/mol. The van der Waals surface area contributed by atoms with Crippen LogP contribution < -0.4 is 4.74 Å². The molecule has 2 aromatic rings. The van der Waals surface area contributed by atoms with Crippen LogP contribution in [0.25, 0.3) is 11.3 Å². The topological polar surface area (TPSA) is 47.4 Å². The van der Waals surface area contributed by atoms with E-state index in [0.717, 1.165) is 49.5 Å². The van der Waals surface area contributed by atoms with E-state index >= 15 is 0 Å². The van der Waals surface area contributed by atoms with Gasteiger partial charge in [-0.1, -0.05) is 32.9 Å². The molecule has 1 amide bonds. The van der Waals surface area contributed by atoms with Crippen molar-refractivity contribution < 1.29 is 9.53 Å². The quantitative estimate of drug-likeness (QED) is 0.843. The molecule has 1 fully saturated rings. The summed E-state index contributed by atoms with van der Waals surface area (Å²) in [6.07, 6.45) is 4.14. The van der Waals surface area contributed by atoms with Crippen LogP contribution >= 0.6 is 0 Å². The number of ether oxygens (including phenoxy) is 1. The zero-order chi connectivity index (χ0) is 18.3. The van der Waals surface area contributed by atoms with Crippen molar-refractivity contribution >= 4 is 5.91 Å². The number of carbonyl (C=O) groups is 1. The van der Waals surface area contributed by atoms with Crippen LogP contribution in [-0.2, 0) is 16.9 Å². The van der Waals surface area contributed by atoms with Crippen LogP contribution in [0.1, 0.15) is 45.7 Å². The van der Waals surface area contributed by atoms with Gasteiger partial charge in [-0.3, -0.25) is 4.79 Å². The zero-order valence-electron chi connectivity index (χ0n) is 15.9. The summed E-state index contributed by atoms with van der Waals surface area (Å²) < 4.78 is 8.90. The molecule has 138 valence electrons. The minimum Gasteiger partial charge on any atom is -0.480 e. The van der Waals surface area contributed by atoms with Crippen LogP contribution in [0.3, 0.4) is 0 Å². The number of amides is 1. The van der Waals surface area contributed by atoms with Gasteiger partial charge in [0.05, 0.1) is 17.7 Å². The van der Waals surface area contributed by atoms with Crippen LogP contribution in [-0.4, -0.2) is 33.4 Å². The summed E-state index contributed by atoms with van der Waals surface area (Å²) in [5.74, 6) is 1.67. The first-order chi connectivity index (χ1) is 12.5. The molecule has 3 heterocycles. The van der Waals surface area contributed by atoms with Gasteiger partial charge in [0.2, 0.25) is 5.91 Å². The number of fused-ring (bicyclic) bond motifs is 4. The lowest BCUT2D eigenvalue weighted by Gasteiger charge is -2.44. The van der Waals surface area contributed by atoms with E-state index in [1.165, 1.54) is 5.69 Å². The van der Waals surface area contributed by atoms with E-state index in [1.807, 2.05) is 36.4 Å². The van der Waals surface area contributed by atoms with Gasteiger partial charge in [-0.05, 0) is 18.1 Å². The zero-order valence-corrected chi connectivity index (χ0v) is 15.9. The predicted molar refractivity (Wildman–Crippen MR) is 101 cm³/mol. The third kappa shape index (κ3) is 2.70. The SMILES string of the molecule is CCC(=O)N1CCC2(CC1)Oc1ccccc1-c1ncn(CC(C)C)c12. The second kappa shape index (κ2) is 6.45. The fourth-order valence-electron chi connectivity index (χ4n) is 4.28. The Hall–Kier alpha value is -2.30. The molecule has 0 bridgehead atoms. The molecule has 0 saturated carbocycles. The standard InChI is InChI=1S/C21H27N3O2/c1-4-18(25)23-11-9-21(10-12-23)20-19(22-14-24(20)13-15(2)3)16-7-5-6-8-17(16)26-21/h5-8,14-15H,4,9-13H2,1-3H3. The Balaban J connectivity index is 1.76. The molecule has 5 nitrogen and oxygen atoms in total. The van der Waals surface area contributed by atoms with Crippen molar-refractivity contribution in [2.24, 2.45) is 5.92 Å². The first-order valence-electron chi connectivity index (χ1n) is 9.66. The molecule has 0 aliphatic carbocycles. The molecule has 1 aromatic carbocycles. The van der Waals surface area contributed by atoms with Crippen LogP contribution in [0.2, 0.25) is 0 Å². The highest BCUT2D eigenvalue weighted by Crippen LogP contribution is 2.49. The van der Waals surface area contributed by atoms with Gasteiger partial charge >= 0.3 is 0 Å². The summed E-state index contributed by atoms with van der Waals surface area (Å²) in [5, 5.41) is 0. The molecule has 1 saturated heterocycles. The lowest BCUT2D eigenvalue weighted by molar-refractivity contribution is -0.134. The van der Waals surface area contributed by atoms with E-state index in [0.29, 0.717) is 12.3 Å². The Morgan fingerprint density at radius 2 is 2.00 bits per heavy atom. The monoisotopic (exact) mass is 353 g/mol. The van der Waals surface area contributed by atoms with Gasteiger partial charge in [-0.2, -0.15) is 0 Å². The highest BCUT2D eigenvalue weighted by molar-refractivity contribution is 5.76. The van der Waals surface area contributed by atoms with Gasteiger partial charge in [0.25, 0.3) is 0 Å². The van der Waals surface area contributed by atoms with Crippen LogP contribution in [0, 0.1) is 5.92 Å². The number of rotatable bonds is 3. The molecule has 1 spiro atoms. The van der Waals surface area contributed by atoms with Crippen LogP contribution in [0.5, 0.6) is 5.75 Å². The Bertz CT molecular complexity index is 816. The summed E-state index contributed by atoms with van der Waals surface area (Å²) >= 11 is 0. The van der Waals surface area contributed by atoms with E-state index in [-0.39, 0.29) is 11.5 Å². The third-order valence-corrected chi connectivity index (χ3v) is 5.50. The first kappa shape index (κ1) is 17.1. The molecule has 5 heteroatoms. The molecule has 0 N–H and O–H groups in total. The van der Waals surface area contributed by atoms with E-state index in [2.05, 4.69) is 24.5 Å². The number of piperidine rings is 1. The number of para-hydroxylation sites is 1. The van der Waals surface area contributed by atoms with E-state index in [9.17, 15) is 4.79 Å². The molecule has 0 radical (unpaired) electrons. The number of benzene rings is 1. The second-order valence-corrected chi connectivity index (χ2v) is 7.81.